The first kappa shape index (κ1) is 13.4. The zero-order chi connectivity index (χ0) is 12.0. The lowest BCUT2D eigenvalue weighted by molar-refractivity contribution is -0.135. The molecule has 0 aliphatic rings. The lowest BCUT2D eigenvalue weighted by atomic mass is 10.1. The number of amides is 1. The Morgan fingerprint density at radius 3 is 2.07 bits per heavy atom. The fourth-order valence-corrected chi connectivity index (χ4v) is 1.05. The average molecular weight is 211 g/mol. The highest BCUT2D eigenvalue weighted by atomic mass is 16.5. The number of primary amides is 1. The molecule has 0 spiro atoms. The third-order valence-electron chi connectivity index (χ3n) is 1.87. The summed E-state index contributed by atoms with van der Waals surface area (Å²) in [4.78, 5) is 22.3. The first-order chi connectivity index (χ1) is 6.93. The number of allylic oxidation sites excluding steroid dienone is 1. The highest BCUT2D eigenvalue weighted by molar-refractivity contribution is 5.93. The number of esters is 1. The van der Waals surface area contributed by atoms with Crippen LogP contribution in [0.1, 0.15) is 33.6 Å². The number of nitrogens with two attached hydrogens (primary N) is 1. The smallest absolute Gasteiger partial charge is 0.338 e. The second-order valence-corrected chi connectivity index (χ2v) is 3.14. The van der Waals surface area contributed by atoms with E-state index in [0.717, 1.165) is 0 Å². The highest BCUT2D eigenvalue weighted by Crippen LogP contribution is 2.15. The molecule has 0 saturated heterocycles. The van der Waals surface area contributed by atoms with Crippen LogP contribution in [0.25, 0.3) is 0 Å². The second-order valence-electron chi connectivity index (χ2n) is 3.14. The van der Waals surface area contributed by atoms with Gasteiger partial charge in [0.15, 0.2) is 0 Å². The molecular formula is C11H17NO3. The zero-order valence-electron chi connectivity index (χ0n) is 9.42. The van der Waals surface area contributed by atoms with Crippen LogP contribution in [0.15, 0.2) is 23.5 Å². The van der Waals surface area contributed by atoms with Gasteiger partial charge in [-0.15, -0.1) is 0 Å². The van der Waals surface area contributed by atoms with Gasteiger partial charge < -0.3 is 10.5 Å². The van der Waals surface area contributed by atoms with Crippen LogP contribution < -0.4 is 5.73 Å². The van der Waals surface area contributed by atoms with Crippen molar-refractivity contribution in [1.29, 1.82) is 0 Å². The fraction of sp³-hybridized carbons (Fsp3) is 0.455. The lowest BCUT2D eigenvalue weighted by Crippen LogP contribution is -2.18. The van der Waals surface area contributed by atoms with Gasteiger partial charge in [0.05, 0.1) is 5.57 Å². The molecule has 0 aliphatic carbocycles. The minimum atomic E-state index is -0.552. The van der Waals surface area contributed by atoms with E-state index in [1.54, 1.807) is 20.8 Å². The molecule has 0 aromatic heterocycles. The number of carbonyl (C=O) groups is 2. The van der Waals surface area contributed by atoms with Gasteiger partial charge in [-0.2, -0.15) is 0 Å². The quantitative estimate of drug-likeness (QED) is 0.427. The maximum Gasteiger partial charge on any atom is 0.338 e. The van der Waals surface area contributed by atoms with Crippen molar-refractivity contribution in [2.24, 2.45) is 5.73 Å². The summed E-state index contributed by atoms with van der Waals surface area (Å²) in [5.74, 6) is -0.749. The first-order valence-corrected chi connectivity index (χ1v) is 4.83. The molecule has 0 bridgehead atoms. The van der Waals surface area contributed by atoms with Crippen LogP contribution in [0.2, 0.25) is 0 Å². The first-order valence-electron chi connectivity index (χ1n) is 4.83. The Balaban J connectivity index is 4.96. The molecule has 4 nitrogen and oxygen atoms in total. The minimum Gasteiger partial charge on any atom is -0.427 e. The van der Waals surface area contributed by atoms with Gasteiger partial charge in [-0.1, -0.05) is 20.4 Å². The predicted molar refractivity (Wildman–Crippen MR) is 57.7 cm³/mol. The van der Waals surface area contributed by atoms with Gasteiger partial charge in [0.1, 0.15) is 5.76 Å². The van der Waals surface area contributed by atoms with Crippen LogP contribution >= 0.6 is 0 Å². The molecule has 0 rings (SSSR count). The van der Waals surface area contributed by atoms with Gasteiger partial charge in [-0.05, 0) is 13.3 Å². The predicted octanol–water partition coefficient (Wildman–Crippen LogP) is 1.67. The van der Waals surface area contributed by atoms with Gasteiger partial charge in [0, 0.05) is 12.0 Å². The van der Waals surface area contributed by atoms with Crippen LogP contribution in [0, 0.1) is 0 Å². The van der Waals surface area contributed by atoms with Crippen LogP contribution in [-0.2, 0) is 14.3 Å². The summed E-state index contributed by atoms with van der Waals surface area (Å²) in [5.41, 5.74) is 5.81. The van der Waals surface area contributed by atoms with E-state index in [4.69, 9.17) is 10.5 Å². The lowest BCUT2D eigenvalue weighted by Gasteiger charge is -2.10. The normalized spacial score (nSPS) is 11.7. The summed E-state index contributed by atoms with van der Waals surface area (Å²) in [7, 11) is 0. The molecular weight excluding hydrogens is 194 g/mol. The Morgan fingerprint density at radius 2 is 1.80 bits per heavy atom. The minimum absolute atomic E-state index is 0.292. The molecule has 0 saturated carbocycles. The van der Waals surface area contributed by atoms with Crippen molar-refractivity contribution in [3.63, 3.8) is 0 Å². The van der Waals surface area contributed by atoms with Crippen molar-refractivity contribution in [3.05, 3.63) is 23.5 Å². The molecule has 0 heterocycles. The number of rotatable bonds is 5. The Kier molecular flexibility index (Phi) is 5.37. The monoisotopic (exact) mass is 211 g/mol. The topological polar surface area (TPSA) is 69.4 Å². The van der Waals surface area contributed by atoms with Crippen molar-refractivity contribution in [3.8, 4) is 0 Å². The second kappa shape index (κ2) is 6.01. The molecule has 0 fully saturated rings. The largest absolute Gasteiger partial charge is 0.427 e. The van der Waals surface area contributed by atoms with Crippen molar-refractivity contribution in [2.45, 2.75) is 33.6 Å². The standard InChI is InChI=1S/C11H17NO3/c1-5-8(10(12)13)9(6-2)15-11(14)7(3)4/h3,5-6H2,1-2,4H3,(H2,12,13)/b9-8-. The van der Waals surface area contributed by atoms with E-state index >= 15 is 0 Å². The summed E-state index contributed by atoms with van der Waals surface area (Å²) in [6, 6.07) is 0. The third-order valence-corrected chi connectivity index (χ3v) is 1.87. The molecule has 1 amide bonds. The highest BCUT2D eigenvalue weighted by Gasteiger charge is 2.14. The molecule has 0 aliphatic heterocycles. The number of hydrogen-bond acceptors (Lipinski definition) is 3. The van der Waals surface area contributed by atoms with Gasteiger partial charge in [-0.3, -0.25) is 4.79 Å². The van der Waals surface area contributed by atoms with Crippen LogP contribution in [0.5, 0.6) is 0 Å². The van der Waals surface area contributed by atoms with E-state index in [1.165, 1.54) is 0 Å². The molecule has 4 heteroatoms. The van der Waals surface area contributed by atoms with E-state index < -0.39 is 11.9 Å². The Hall–Kier alpha value is -1.58. The Morgan fingerprint density at radius 1 is 1.27 bits per heavy atom. The van der Waals surface area contributed by atoms with E-state index in [-0.39, 0.29) is 0 Å². The third kappa shape index (κ3) is 3.97. The van der Waals surface area contributed by atoms with Crippen LogP contribution in [-0.4, -0.2) is 11.9 Å². The SMILES string of the molecule is C=C(C)C(=O)O/C(CC)=C(/CC)C(N)=O. The molecule has 15 heavy (non-hydrogen) atoms. The van der Waals surface area contributed by atoms with Crippen molar-refractivity contribution >= 4 is 11.9 Å². The number of carbonyl (C=O) groups excluding carboxylic acids is 2. The maximum atomic E-state index is 11.2. The van der Waals surface area contributed by atoms with E-state index in [9.17, 15) is 9.59 Å². The van der Waals surface area contributed by atoms with Crippen molar-refractivity contribution in [2.75, 3.05) is 0 Å². The molecule has 0 radical (unpaired) electrons. The molecule has 0 aromatic rings. The zero-order valence-corrected chi connectivity index (χ0v) is 9.42. The molecule has 0 aromatic carbocycles. The molecule has 84 valence electrons. The van der Waals surface area contributed by atoms with E-state index in [0.29, 0.717) is 29.7 Å². The van der Waals surface area contributed by atoms with Gasteiger partial charge in [-0.25, -0.2) is 4.79 Å². The maximum absolute atomic E-state index is 11.2. The van der Waals surface area contributed by atoms with E-state index in [1.807, 2.05) is 0 Å². The Labute approximate surface area is 89.8 Å². The summed E-state index contributed by atoms with van der Waals surface area (Å²) in [6.07, 6.45) is 0.896. The van der Waals surface area contributed by atoms with Crippen LogP contribution in [0.3, 0.4) is 0 Å². The fourth-order valence-electron chi connectivity index (χ4n) is 1.05. The summed E-state index contributed by atoms with van der Waals surface area (Å²) in [5, 5.41) is 0. The number of hydrogen-bond donors (Lipinski definition) is 1. The van der Waals surface area contributed by atoms with E-state index in [2.05, 4.69) is 6.58 Å². The number of ether oxygens (including phenoxy) is 1. The van der Waals surface area contributed by atoms with Gasteiger partial charge in [0.2, 0.25) is 5.91 Å². The summed E-state index contributed by atoms with van der Waals surface area (Å²) >= 11 is 0. The van der Waals surface area contributed by atoms with Gasteiger partial charge in [0.25, 0.3) is 0 Å². The molecule has 0 unspecified atom stereocenters. The van der Waals surface area contributed by atoms with Crippen LogP contribution in [0.4, 0.5) is 0 Å². The van der Waals surface area contributed by atoms with Crippen molar-refractivity contribution in [1.82, 2.24) is 0 Å². The molecule has 2 N–H and O–H groups in total. The average Bonchev–Trinajstić information content (AvgIpc) is 2.16. The summed E-state index contributed by atoms with van der Waals surface area (Å²) < 4.78 is 5.02. The Bertz CT molecular complexity index is 316. The van der Waals surface area contributed by atoms with Crippen molar-refractivity contribution < 1.29 is 14.3 Å². The van der Waals surface area contributed by atoms with Gasteiger partial charge >= 0.3 is 5.97 Å². The summed E-state index contributed by atoms with van der Waals surface area (Å²) in [6.45, 7) is 8.58. The molecule has 0 atom stereocenters.